The lowest BCUT2D eigenvalue weighted by molar-refractivity contribution is 0.0946. The van der Waals surface area contributed by atoms with Gasteiger partial charge in [-0.3, -0.25) is 14.4 Å². The smallest absolute Gasteiger partial charge is 0.261 e. The standard InChI is InChI=1S/C21H26N4OS/c1-14(2)23-21(26)20-19(17-6-4-5-7-18(17)27-20)15-9-11-25(12-15)13-16-8-10-22-24(16)3/h4-8,10,14-15H,9,11-13H2,1-3H3,(H,23,26)/t15-/m0/s1. The molecule has 3 aromatic rings. The van der Waals surface area contributed by atoms with Crippen LogP contribution in [0.1, 0.15) is 47.1 Å². The van der Waals surface area contributed by atoms with Crippen molar-refractivity contribution in [3.63, 3.8) is 0 Å². The Morgan fingerprint density at radius 3 is 2.89 bits per heavy atom. The number of likely N-dealkylation sites (tertiary alicyclic amines) is 1. The normalized spacial score (nSPS) is 17.9. The van der Waals surface area contributed by atoms with E-state index in [1.807, 2.05) is 31.8 Å². The molecule has 1 aliphatic heterocycles. The molecular weight excluding hydrogens is 356 g/mol. The lowest BCUT2D eigenvalue weighted by atomic mass is 9.95. The van der Waals surface area contributed by atoms with Crippen molar-refractivity contribution >= 4 is 27.3 Å². The quantitative estimate of drug-likeness (QED) is 0.731. The summed E-state index contributed by atoms with van der Waals surface area (Å²) in [5, 5.41) is 8.60. The van der Waals surface area contributed by atoms with Crippen LogP contribution in [0.4, 0.5) is 0 Å². The Morgan fingerprint density at radius 2 is 2.15 bits per heavy atom. The van der Waals surface area contributed by atoms with Crippen molar-refractivity contribution in [2.24, 2.45) is 7.05 Å². The molecule has 6 heteroatoms. The molecule has 1 atom stereocenters. The molecule has 2 aromatic heterocycles. The number of amides is 1. The van der Waals surface area contributed by atoms with Gasteiger partial charge in [0.1, 0.15) is 0 Å². The monoisotopic (exact) mass is 382 g/mol. The summed E-state index contributed by atoms with van der Waals surface area (Å²) in [6.07, 6.45) is 2.93. The maximum Gasteiger partial charge on any atom is 0.261 e. The Kier molecular flexibility index (Phi) is 5.02. The van der Waals surface area contributed by atoms with Crippen molar-refractivity contribution in [1.29, 1.82) is 0 Å². The van der Waals surface area contributed by atoms with E-state index in [2.05, 4.69) is 45.6 Å². The second-order valence-electron chi connectivity index (χ2n) is 7.64. The van der Waals surface area contributed by atoms with Crippen molar-refractivity contribution in [1.82, 2.24) is 20.0 Å². The van der Waals surface area contributed by atoms with Crippen LogP contribution in [-0.4, -0.2) is 39.7 Å². The number of fused-ring (bicyclic) bond motifs is 1. The maximum absolute atomic E-state index is 12.9. The number of carbonyl (C=O) groups excluding carboxylic acids is 1. The van der Waals surface area contributed by atoms with Crippen LogP contribution in [0.5, 0.6) is 0 Å². The van der Waals surface area contributed by atoms with E-state index >= 15 is 0 Å². The Bertz CT molecular complexity index is 958. The summed E-state index contributed by atoms with van der Waals surface area (Å²) in [7, 11) is 1.99. The molecular formula is C21H26N4OS. The number of benzene rings is 1. The van der Waals surface area contributed by atoms with E-state index in [1.165, 1.54) is 21.3 Å². The second-order valence-corrected chi connectivity index (χ2v) is 8.69. The third kappa shape index (κ3) is 3.64. The van der Waals surface area contributed by atoms with Crippen LogP contribution in [0.25, 0.3) is 10.1 Å². The van der Waals surface area contributed by atoms with Crippen LogP contribution in [0.2, 0.25) is 0 Å². The van der Waals surface area contributed by atoms with Crippen molar-refractivity contribution in [3.05, 3.63) is 52.7 Å². The summed E-state index contributed by atoms with van der Waals surface area (Å²) in [5.74, 6) is 0.452. The number of hydrogen-bond donors (Lipinski definition) is 1. The number of nitrogens with zero attached hydrogens (tertiary/aromatic N) is 3. The highest BCUT2D eigenvalue weighted by Crippen LogP contribution is 2.40. The zero-order valence-electron chi connectivity index (χ0n) is 16.1. The molecule has 0 aliphatic carbocycles. The number of thiophene rings is 1. The molecule has 1 fully saturated rings. The van der Waals surface area contributed by atoms with E-state index in [0.29, 0.717) is 5.92 Å². The highest BCUT2D eigenvalue weighted by atomic mass is 32.1. The highest BCUT2D eigenvalue weighted by molar-refractivity contribution is 7.21. The van der Waals surface area contributed by atoms with Crippen LogP contribution >= 0.6 is 11.3 Å². The maximum atomic E-state index is 12.9. The van der Waals surface area contributed by atoms with E-state index in [4.69, 9.17) is 0 Å². The minimum absolute atomic E-state index is 0.0614. The van der Waals surface area contributed by atoms with Gasteiger partial charge in [0.05, 0.1) is 10.6 Å². The van der Waals surface area contributed by atoms with Crippen molar-refractivity contribution in [2.45, 2.75) is 38.8 Å². The Balaban J connectivity index is 1.62. The van der Waals surface area contributed by atoms with E-state index in [9.17, 15) is 4.79 Å². The fourth-order valence-electron chi connectivity index (χ4n) is 3.96. The van der Waals surface area contributed by atoms with Crippen LogP contribution in [-0.2, 0) is 13.6 Å². The van der Waals surface area contributed by atoms with Crippen molar-refractivity contribution < 1.29 is 4.79 Å². The first-order valence-electron chi connectivity index (χ1n) is 9.54. The lowest BCUT2D eigenvalue weighted by Gasteiger charge is -2.17. The first-order chi connectivity index (χ1) is 13.0. The molecule has 1 amide bonds. The van der Waals surface area contributed by atoms with Gasteiger partial charge < -0.3 is 5.32 Å². The molecule has 1 saturated heterocycles. The number of aromatic nitrogens is 2. The Labute approximate surface area is 164 Å². The van der Waals surface area contributed by atoms with Gasteiger partial charge in [-0.1, -0.05) is 18.2 Å². The van der Waals surface area contributed by atoms with E-state index in [0.717, 1.165) is 30.9 Å². The molecule has 3 heterocycles. The predicted octanol–water partition coefficient (Wildman–Crippen LogP) is 3.76. The summed E-state index contributed by atoms with van der Waals surface area (Å²) < 4.78 is 3.14. The second kappa shape index (κ2) is 7.44. The number of aryl methyl sites for hydroxylation is 1. The molecule has 0 bridgehead atoms. The SMILES string of the molecule is CC(C)NC(=O)c1sc2ccccc2c1[C@H]1CCN(Cc2ccnn2C)C1. The third-order valence-electron chi connectivity index (χ3n) is 5.25. The summed E-state index contributed by atoms with van der Waals surface area (Å²) in [5.41, 5.74) is 2.46. The predicted molar refractivity (Wildman–Crippen MR) is 110 cm³/mol. The van der Waals surface area contributed by atoms with Gasteiger partial charge in [-0.2, -0.15) is 5.10 Å². The average Bonchev–Trinajstić information content (AvgIpc) is 3.33. The number of carbonyl (C=O) groups is 1. The summed E-state index contributed by atoms with van der Waals surface area (Å²) >= 11 is 1.63. The molecule has 5 nitrogen and oxygen atoms in total. The number of rotatable bonds is 5. The molecule has 1 N–H and O–H groups in total. The van der Waals surface area contributed by atoms with Crippen molar-refractivity contribution in [3.8, 4) is 0 Å². The molecule has 1 aromatic carbocycles. The topological polar surface area (TPSA) is 50.2 Å². The molecule has 4 rings (SSSR count). The average molecular weight is 383 g/mol. The van der Waals surface area contributed by atoms with Gasteiger partial charge in [0.2, 0.25) is 0 Å². The number of hydrogen-bond acceptors (Lipinski definition) is 4. The number of nitrogens with one attached hydrogen (secondary N) is 1. The van der Waals surface area contributed by atoms with E-state index < -0.39 is 0 Å². The van der Waals surface area contributed by atoms with Crippen LogP contribution in [0.3, 0.4) is 0 Å². The highest BCUT2D eigenvalue weighted by Gasteiger charge is 2.31. The fourth-order valence-corrected chi connectivity index (χ4v) is 5.16. The van der Waals surface area contributed by atoms with Crippen LogP contribution < -0.4 is 5.32 Å². The third-order valence-corrected chi connectivity index (χ3v) is 6.43. The van der Waals surface area contributed by atoms with Gasteiger partial charge in [-0.05, 0) is 49.9 Å². The zero-order chi connectivity index (χ0) is 19.0. The molecule has 0 radical (unpaired) electrons. The van der Waals surface area contributed by atoms with Crippen LogP contribution in [0, 0.1) is 0 Å². The minimum Gasteiger partial charge on any atom is -0.349 e. The lowest BCUT2D eigenvalue weighted by Crippen LogP contribution is -2.30. The molecule has 27 heavy (non-hydrogen) atoms. The largest absolute Gasteiger partial charge is 0.349 e. The molecule has 1 aliphatic rings. The molecule has 0 spiro atoms. The van der Waals surface area contributed by atoms with Crippen molar-refractivity contribution in [2.75, 3.05) is 13.1 Å². The van der Waals surface area contributed by atoms with Crippen LogP contribution in [0.15, 0.2) is 36.5 Å². The first-order valence-corrected chi connectivity index (χ1v) is 10.4. The van der Waals surface area contributed by atoms with Gasteiger partial charge in [-0.15, -0.1) is 11.3 Å². The molecule has 0 saturated carbocycles. The van der Waals surface area contributed by atoms with E-state index in [1.54, 1.807) is 11.3 Å². The summed E-state index contributed by atoms with van der Waals surface area (Å²) in [6.45, 7) is 6.95. The van der Waals surface area contributed by atoms with E-state index in [-0.39, 0.29) is 11.9 Å². The van der Waals surface area contributed by atoms with Gasteiger partial charge in [0.25, 0.3) is 5.91 Å². The Hall–Kier alpha value is -2.18. The van der Waals surface area contributed by atoms with Gasteiger partial charge in [0.15, 0.2) is 0 Å². The Morgan fingerprint density at radius 1 is 1.33 bits per heavy atom. The molecule has 0 unspecified atom stereocenters. The summed E-state index contributed by atoms with van der Waals surface area (Å²) in [4.78, 5) is 16.2. The minimum atomic E-state index is 0.0614. The summed E-state index contributed by atoms with van der Waals surface area (Å²) in [6, 6.07) is 10.6. The first kappa shape index (κ1) is 18.2. The van der Waals surface area contributed by atoms with Gasteiger partial charge in [0, 0.05) is 43.0 Å². The zero-order valence-corrected chi connectivity index (χ0v) is 16.9. The fraction of sp³-hybridized carbons (Fsp3) is 0.429. The van der Waals surface area contributed by atoms with Gasteiger partial charge >= 0.3 is 0 Å². The molecule has 142 valence electrons. The van der Waals surface area contributed by atoms with Gasteiger partial charge in [-0.25, -0.2) is 0 Å².